The zero-order chi connectivity index (χ0) is 24.2. The third kappa shape index (κ3) is 6.52. The zero-order valence-corrected chi connectivity index (χ0v) is 21.4. The Balaban J connectivity index is 1.73. The van der Waals surface area contributed by atoms with Gasteiger partial charge in [-0.15, -0.1) is 0 Å². The van der Waals surface area contributed by atoms with Gasteiger partial charge < -0.3 is 0 Å². The van der Waals surface area contributed by atoms with Crippen LogP contribution in [0.2, 0.25) is 0 Å². The molecule has 3 aromatic carbocycles. The van der Waals surface area contributed by atoms with Crippen molar-refractivity contribution in [2.24, 2.45) is 5.10 Å². The van der Waals surface area contributed by atoms with Crippen molar-refractivity contribution < 1.29 is 13.2 Å². The molecule has 0 unspecified atom stereocenters. The summed E-state index contributed by atoms with van der Waals surface area (Å²) < 4.78 is 27.2. The van der Waals surface area contributed by atoms with Crippen molar-refractivity contribution in [2.45, 2.75) is 27.3 Å². The Morgan fingerprint density at radius 3 is 2.27 bits per heavy atom. The Hall–Kier alpha value is -2.97. The second kappa shape index (κ2) is 10.3. The molecule has 0 aromatic heterocycles. The first-order valence-corrected chi connectivity index (χ1v) is 12.9. The third-order valence-corrected chi connectivity index (χ3v) is 6.92. The molecule has 0 aliphatic heterocycles. The number of nitrogens with one attached hydrogen (secondary N) is 1. The van der Waals surface area contributed by atoms with Crippen LogP contribution in [0.5, 0.6) is 0 Å². The van der Waals surface area contributed by atoms with Crippen molar-refractivity contribution in [3.05, 3.63) is 99.0 Å². The molecule has 0 fully saturated rings. The number of anilines is 1. The maximum atomic E-state index is 12.5. The molecular weight excluding hydrogens is 502 g/mol. The molecule has 0 atom stereocenters. The van der Waals surface area contributed by atoms with Gasteiger partial charge >= 0.3 is 0 Å². The number of sulfonamides is 1. The number of hydrogen-bond acceptors (Lipinski definition) is 4. The molecule has 0 radical (unpaired) electrons. The number of rotatable bonds is 7. The molecule has 0 spiro atoms. The van der Waals surface area contributed by atoms with Crippen LogP contribution in [-0.4, -0.2) is 26.3 Å². The molecule has 0 aliphatic carbocycles. The SMILES string of the molecule is C/C(=N\NC(=O)c1ccc(CN(c2ccc(C)c(C)c2)S(C)(=O)=O)cc1)c1cccc(Br)c1. The van der Waals surface area contributed by atoms with Crippen LogP contribution in [0.15, 0.2) is 76.3 Å². The number of aryl methyl sites for hydroxylation is 2. The van der Waals surface area contributed by atoms with Crippen LogP contribution in [0.1, 0.15) is 39.5 Å². The lowest BCUT2D eigenvalue weighted by Gasteiger charge is -2.23. The highest BCUT2D eigenvalue weighted by atomic mass is 79.9. The fraction of sp³-hybridized carbons (Fsp3) is 0.200. The molecule has 0 aliphatic rings. The summed E-state index contributed by atoms with van der Waals surface area (Å²) in [6.07, 6.45) is 1.19. The van der Waals surface area contributed by atoms with Crippen LogP contribution >= 0.6 is 15.9 Å². The minimum absolute atomic E-state index is 0.170. The van der Waals surface area contributed by atoms with Crippen LogP contribution in [0, 0.1) is 13.8 Å². The number of halogens is 1. The molecule has 3 aromatic rings. The van der Waals surface area contributed by atoms with E-state index in [4.69, 9.17) is 0 Å². The van der Waals surface area contributed by atoms with Crippen molar-refractivity contribution in [1.29, 1.82) is 0 Å². The van der Waals surface area contributed by atoms with Gasteiger partial charge in [-0.2, -0.15) is 5.10 Å². The van der Waals surface area contributed by atoms with E-state index >= 15 is 0 Å². The van der Waals surface area contributed by atoms with E-state index in [-0.39, 0.29) is 12.5 Å². The molecule has 3 rings (SSSR count). The Bertz CT molecular complexity index is 1300. The molecule has 172 valence electrons. The standard InChI is InChI=1S/C25H26BrN3O3S/c1-17-8-13-24(14-18(17)2)29(33(4,31)32)16-20-9-11-21(12-10-20)25(30)28-27-19(3)22-6-5-7-23(26)15-22/h5-15H,16H2,1-4H3,(H,28,30)/b27-19+. The molecule has 0 saturated carbocycles. The Morgan fingerprint density at radius 1 is 0.970 bits per heavy atom. The molecule has 1 N–H and O–H groups in total. The van der Waals surface area contributed by atoms with Crippen LogP contribution in [0.25, 0.3) is 0 Å². The van der Waals surface area contributed by atoms with Gasteiger partial charge in [0.2, 0.25) is 10.0 Å². The summed E-state index contributed by atoms with van der Waals surface area (Å²) in [4.78, 5) is 12.5. The van der Waals surface area contributed by atoms with Crippen molar-refractivity contribution in [3.8, 4) is 0 Å². The Morgan fingerprint density at radius 2 is 1.67 bits per heavy atom. The minimum Gasteiger partial charge on any atom is -0.267 e. The summed E-state index contributed by atoms with van der Waals surface area (Å²) in [7, 11) is -3.49. The predicted molar refractivity (Wildman–Crippen MR) is 137 cm³/mol. The molecule has 6 nitrogen and oxygen atoms in total. The Labute approximate surface area is 203 Å². The summed E-state index contributed by atoms with van der Waals surface area (Å²) in [6.45, 7) is 5.92. The molecule has 1 amide bonds. The molecule has 0 bridgehead atoms. The van der Waals surface area contributed by atoms with Crippen molar-refractivity contribution in [2.75, 3.05) is 10.6 Å². The van der Waals surface area contributed by atoms with E-state index in [1.165, 1.54) is 10.6 Å². The van der Waals surface area contributed by atoms with Crippen molar-refractivity contribution in [3.63, 3.8) is 0 Å². The third-order valence-electron chi connectivity index (χ3n) is 5.29. The van der Waals surface area contributed by atoms with Gasteiger partial charge in [-0.3, -0.25) is 9.10 Å². The van der Waals surface area contributed by atoms with Gasteiger partial charge in [0, 0.05) is 10.0 Å². The lowest BCUT2D eigenvalue weighted by Crippen LogP contribution is -2.29. The lowest BCUT2D eigenvalue weighted by molar-refractivity contribution is 0.0955. The average molecular weight is 528 g/mol. The zero-order valence-electron chi connectivity index (χ0n) is 19.0. The van der Waals surface area contributed by atoms with E-state index in [9.17, 15) is 13.2 Å². The van der Waals surface area contributed by atoms with Gasteiger partial charge in [0.1, 0.15) is 0 Å². The summed E-state index contributed by atoms with van der Waals surface area (Å²) in [5.74, 6) is -0.343. The van der Waals surface area contributed by atoms with E-state index in [0.717, 1.165) is 26.7 Å². The van der Waals surface area contributed by atoms with Gasteiger partial charge in [0.15, 0.2) is 0 Å². The molecule has 0 heterocycles. The molecule has 0 saturated heterocycles. The first-order chi connectivity index (χ1) is 15.5. The Kier molecular flexibility index (Phi) is 7.71. The predicted octanol–water partition coefficient (Wildman–Crippen LogP) is 5.19. The van der Waals surface area contributed by atoms with E-state index in [1.54, 1.807) is 30.3 Å². The van der Waals surface area contributed by atoms with E-state index in [1.807, 2.05) is 57.2 Å². The first kappa shape index (κ1) is 24.7. The van der Waals surface area contributed by atoms with Gasteiger partial charge in [-0.05, 0) is 79.4 Å². The van der Waals surface area contributed by atoms with Crippen LogP contribution in [0.4, 0.5) is 5.69 Å². The summed E-state index contributed by atoms with van der Waals surface area (Å²) in [5, 5.41) is 4.18. The smallest absolute Gasteiger partial charge is 0.267 e. The lowest BCUT2D eigenvalue weighted by atomic mass is 10.1. The highest BCUT2D eigenvalue weighted by Gasteiger charge is 2.18. The van der Waals surface area contributed by atoms with Gasteiger partial charge in [-0.25, -0.2) is 13.8 Å². The van der Waals surface area contributed by atoms with Gasteiger partial charge in [0.25, 0.3) is 5.91 Å². The van der Waals surface area contributed by atoms with E-state index in [0.29, 0.717) is 17.0 Å². The normalized spacial score (nSPS) is 11.8. The topological polar surface area (TPSA) is 78.8 Å². The highest BCUT2D eigenvalue weighted by molar-refractivity contribution is 9.10. The van der Waals surface area contributed by atoms with E-state index < -0.39 is 10.0 Å². The summed E-state index contributed by atoms with van der Waals surface area (Å²) in [5.41, 5.74) is 8.07. The van der Waals surface area contributed by atoms with Crippen LogP contribution in [0.3, 0.4) is 0 Å². The number of nitrogens with zero attached hydrogens (tertiary/aromatic N) is 2. The second-order valence-corrected chi connectivity index (χ2v) is 10.7. The van der Waals surface area contributed by atoms with Crippen molar-refractivity contribution in [1.82, 2.24) is 5.43 Å². The van der Waals surface area contributed by atoms with Gasteiger partial charge in [0.05, 0.1) is 24.2 Å². The number of hydrazone groups is 1. The quantitative estimate of drug-likeness (QED) is 0.339. The number of carbonyl (C=O) groups excluding carboxylic acids is 1. The number of hydrogen-bond donors (Lipinski definition) is 1. The largest absolute Gasteiger partial charge is 0.271 e. The summed E-state index contributed by atoms with van der Waals surface area (Å²) in [6, 6.07) is 20.0. The molecule has 8 heteroatoms. The van der Waals surface area contributed by atoms with Gasteiger partial charge in [-0.1, -0.05) is 46.3 Å². The minimum atomic E-state index is -3.49. The number of benzene rings is 3. The number of amides is 1. The molecular formula is C25H26BrN3O3S. The van der Waals surface area contributed by atoms with Crippen LogP contribution < -0.4 is 9.73 Å². The van der Waals surface area contributed by atoms with Crippen LogP contribution in [-0.2, 0) is 16.6 Å². The maximum absolute atomic E-state index is 12.5. The van der Waals surface area contributed by atoms with Crippen molar-refractivity contribution >= 4 is 43.3 Å². The molecule has 33 heavy (non-hydrogen) atoms. The number of carbonyl (C=O) groups is 1. The maximum Gasteiger partial charge on any atom is 0.271 e. The highest BCUT2D eigenvalue weighted by Crippen LogP contribution is 2.23. The van der Waals surface area contributed by atoms with E-state index in [2.05, 4.69) is 26.5 Å². The fourth-order valence-corrected chi connectivity index (χ4v) is 4.46. The monoisotopic (exact) mass is 527 g/mol. The fourth-order valence-electron chi connectivity index (χ4n) is 3.19. The average Bonchev–Trinajstić information content (AvgIpc) is 2.77. The first-order valence-electron chi connectivity index (χ1n) is 10.3. The summed E-state index contributed by atoms with van der Waals surface area (Å²) >= 11 is 3.42. The second-order valence-electron chi connectivity index (χ2n) is 7.88.